The van der Waals surface area contributed by atoms with Crippen LogP contribution in [0.15, 0.2) is 72.7 Å². The molecule has 11 heteroatoms. The molecule has 2 aromatic heterocycles. The first-order chi connectivity index (χ1) is 17.1. The summed E-state index contributed by atoms with van der Waals surface area (Å²) in [5.41, 5.74) is 1.70. The summed E-state index contributed by atoms with van der Waals surface area (Å²) in [6, 6.07) is 13.1. The van der Waals surface area contributed by atoms with Gasteiger partial charge in [-0.3, -0.25) is 4.57 Å². The number of hydrogen-bond acceptors (Lipinski definition) is 7. The molecular formula is C24H23Cl2N5O3S. The summed E-state index contributed by atoms with van der Waals surface area (Å²) in [4.78, 5) is 8.42. The zero-order chi connectivity index (χ0) is 24.3. The van der Waals surface area contributed by atoms with Gasteiger partial charge in [0, 0.05) is 28.7 Å². The van der Waals surface area contributed by atoms with Crippen LogP contribution in [0.25, 0.3) is 5.69 Å². The fourth-order valence-corrected chi connectivity index (χ4v) is 5.15. The van der Waals surface area contributed by atoms with E-state index in [0.717, 1.165) is 22.3 Å². The first kappa shape index (κ1) is 24.1. The van der Waals surface area contributed by atoms with Crippen LogP contribution in [-0.2, 0) is 21.8 Å². The van der Waals surface area contributed by atoms with Crippen LogP contribution < -0.4 is 4.74 Å². The summed E-state index contributed by atoms with van der Waals surface area (Å²) in [7, 11) is 0. The Morgan fingerprint density at radius 3 is 2.80 bits per heavy atom. The zero-order valence-corrected chi connectivity index (χ0v) is 21.2. The number of halogens is 2. The lowest BCUT2D eigenvalue weighted by atomic mass is 10.1. The molecule has 5 rings (SSSR count). The molecule has 0 aliphatic carbocycles. The van der Waals surface area contributed by atoms with Crippen molar-refractivity contribution in [3.63, 3.8) is 0 Å². The number of benzene rings is 2. The summed E-state index contributed by atoms with van der Waals surface area (Å²) in [5, 5.41) is 6.15. The van der Waals surface area contributed by atoms with Crippen molar-refractivity contribution in [2.24, 2.45) is 0 Å². The quantitative estimate of drug-likeness (QED) is 0.273. The molecule has 0 bridgehead atoms. The molecule has 2 aromatic carbocycles. The van der Waals surface area contributed by atoms with Gasteiger partial charge in [-0.15, -0.1) is 0 Å². The minimum atomic E-state index is -1.14. The summed E-state index contributed by atoms with van der Waals surface area (Å²) < 4.78 is 22.3. The van der Waals surface area contributed by atoms with Crippen LogP contribution in [0.3, 0.4) is 0 Å². The highest BCUT2D eigenvalue weighted by molar-refractivity contribution is 7.99. The van der Waals surface area contributed by atoms with Gasteiger partial charge in [0.15, 0.2) is 5.16 Å². The van der Waals surface area contributed by atoms with Gasteiger partial charge in [-0.25, -0.2) is 14.6 Å². The fourth-order valence-electron chi connectivity index (χ4n) is 3.90. The second-order valence-corrected chi connectivity index (χ2v) is 9.91. The van der Waals surface area contributed by atoms with E-state index in [4.69, 9.17) is 37.4 Å². The van der Waals surface area contributed by atoms with Gasteiger partial charge in [0.1, 0.15) is 37.7 Å². The number of ether oxygens (including phenoxy) is 3. The monoisotopic (exact) mass is 531 g/mol. The molecule has 0 amide bonds. The van der Waals surface area contributed by atoms with Gasteiger partial charge < -0.3 is 14.2 Å². The van der Waals surface area contributed by atoms with Crippen molar-refractivity contribution in [2.75, 3.05) is 19.0 Å². The largest absolute Gasteiger partial charge is 0.491 e. The van der Waals surface area contributed by atoms with Crippen molar-refractivity contribution >= 4 is 35.0 Å². The molecule has 1 aliphatic rings. The van der Waals surface area contributed by atoms with Crippen LogP contribution in [0.4, 0.5) is 0 Å². The van der Waals surface area contributed by atoms with Crippen molar-refractivity contribution < 1.29 is 14.2 Å². The molecular weight excluding hydrogens is 509 g/mol. The maximum Gasteiger partial charge on any atom is 0.217 e. The third-order valence-corrected chi connectivity index (χ3v) is 6.87. The number of imidazole rings is 1. The van der Waals surface area contributed by atoms with Gasteiger partial charge in [0.05, 0.1) is 11.6 Å². The third kappa shape index (κ3) is 5.34. The molecule has 1 aliphatic heterocycles. The minimum absolute atomic E-state index is 0.280. The highest BCUT2D eigenvalue weighted by Gasteiger charge is 2.45. The standard InChI is InChI=1S/C24H23Cl2N5O3S/c1-2-35-23-28-9-10-31(23)18-4-6-19(7-5-18)32-12-20-13-33-24(34-20,14-30-16-27-15-29-30)21-8-3-17(25)11-22(21)26/h3-11,15-16,20H,2,12-14H2,1H3/t20-,24-/m1/s1. The van der Waals surface area contributed by atoms with E-state index in [2.05, 4.69) is 26.6 Å². The van der Waals surface area contributed by atoms with E-state index in [1.165, 1.54) is 6.33 Å². The number of hydrogen-bond donors (Lipinski definition) is 0. The maximum absolute atomic E-state index is 6.52. The highest BCUT2D eigenvalue weighted by atomic mass is 35.5. The predicted octanol–water partition coefficient (Wildman–Crippen LogP) is 5.23. The van der Waals surface area contributed by atoms with E-state index in [0.29, 0.717) is 28.8 Å². The molecule has 4 aromatic rings. The first-order valence-corrected chi connectivity index (χ1v) is 12.8. The van der Waals surface area contributed by atoms with Gasteiger partial charge in [0.25, 0.3) is 0 Å². The van der Waals surface area contributed by atoms with Gasteiger partial charge in [-0.1, -0.05) is 48.0 Å². The van der Waals surface area contributed by atoms with Gasteiger partial charge in [0.2, 0.25) is 5.79 Å². The number of rotatable bonds is 9. The van der Waals surface area contributed by atoms with Crippen molar-refractivity contribution in [1.29, 1.82) is 0 Å². The molecule has 0 spiro atoms. The van der Waals surface area contributed by atoms with Crippen LogP contribution in [0.2, 0.25) is 10.0 Å². The topological polar surface area (TPSA) is 76.2 Å². The van der Waals surface area contributed by atoms with Crippen LogP contribution in [0.1, 0.15) is 12.5 Å². The highest BCUT2D eigenvalue weighted by Crippen LogP contribution is 2.40. The first-order valence-electron chi connectivity index (χ1n) is 11.1. The molecule has 2 atom stereocenters. The van der Waals surface area contributed by atoms with Crippen LogP contribution in [0, 0.1) is 0 Å². The molecule has 35 heavy (non-hydrogen) atoms. The fraction of sp³-hybridized carbons (Fsp3) is 0.292. The van der Waals surface area contributed by atoms with Gasteiger partial charge >= 0.3 is 0 Å². The van der Waals surface area contributed by atoms with E-state index < -0.39 is 5.79 Å². The van der Waals surface area contributed by atoms with Crippen molar-refractivity contribution in [1.82, 2.24) is 24.3 Å². The molecule has 1 saturated heterocycles. The minimum Gasteiger partial charge on any atom is -0.491 e. The predicted molar refractivity (Wildman–Crippen MR) is 134 cm³/mol. The second kappa shape index (κ2) is 10.6. The average molecular weight is 532 g/mol. The van der Waals surface area contributed by atoms with Crippen LogP contribution in [0.5, 0.6) is 5.75 Å². The van der Waals surface area contributed by atoms with E-state index >= 15 is 0 Å². The smallest absolute Gasteiger partial charge is 0.217 e. The van der Waals surface area contributed by atoms with E-state index in [1.807, 2.05) is 36.5 Å². The van der Waals surface area contributed by atoms with E-state index in [-0.39, 0.29) is 12.6 Å². The average Bonchev–Trinajstić information content (AvgIpc) is 3.61. The Labute approximate surface area is 217 Å². The van der Waals surface area contributed by atoms with Gasteiger partial charge in [-0.05, 0) is 42.2 Å². The molecule has 0 N–H and O–H groups in total. The van der Waals surface area contributed by atoms with E-state index in [9.17, 15) is 0 Å². The molecule has 3 heterocycles. The van der Waals surface area contributed by atoms with Crippen LogP contribution in [-0.4, -0.2) is 49.4 Å². The third-order valence-electron chi connectivity index (χ3n) is 5.47. The Balaban J connectivity index is 1.28. The SMILES string of the molecule is CCSc1nccn1-c1ccc(OC[C@@H]2CO[C@@](Cn3cncn3)(c3ccc(Cl)cc3Cl)O2)cc1. The molecule has 0 radical (unpaired) electrons. The molecule has 0 saturated carbocycles. The Kier molecular flexibility index (Phi) is 7.31. The summed E-state index contributed by atoms with van der Waals surface area (Å²) in [6.45, 7) is 3.03. The van der Waals surface area contributed by atoms with E-state index in [1.54, 1.807) is 41.1 Å². The maximum atomic E-state index is 6.52. The Morgan fingerprint density at radius 2 is 2.06 bits per heavy atom. The number of nitrogens with zero attached hydrogens (tertiary/aromatic N) is 5. The Hall–Kier alpha value is -2.56. The molecule has 1 fully saturated rings. The lowest BCUT2D eigenvalue weighted by molar-refractivity contribution is -0.190. The Bertz CT molecular complexity index is 1270. The lowest BCUT2D eigenvalue weighted by Gasteiger charge is -2.29. The molecule has 182 valence electrons. The summed E-state index contributed by atoms with van der Waals surface area (Å²) in [6.07, 6.45) is 6.51. The van der Waals surface area contributed by atoms with Crippen molar-refractivity contribution in [3.8, 4) is 11.4 Å². The zero-order valence-electron chi connectivity index (χ0n) is 18.9. The lowest BCUT2D eigenvalue weighted by Crippen LogP contribution is -2.35. The van der Waals surface area contributed by atoms with Crippen molar-refractivity contribution in [2.45, 2.75) is 30.5 Å². The van der Waals surface area contributed by atoms with Crippen LogP contribution >= 0.6 is 35.0 Å². The van der Waals surface area contributed by atoms with Gasteiger partial charge in [-0.2, -0.15) is 5.10 Å². The summed E-state index contributed by atoms with van der Waals surface area (Å²) >= 11 is 14.3. The second-order valence-electron chi connectivity index (χ2n) is 7.84. The molecule has 8 nitrogen and oxygen atoms in total. The number of aromatic nitrogens is 5. The molecule has 0 unspecified atom stereocenters. The van der Waals surface area contributed by atoms with Crippen molar-refractivity contribution in [3.05, 3.63) is 83.1 Å². The normalized spacial score (nSPS) is 19.8. The Morgan fingerprint density at radius 1 is 1.20 bits per heavy atom. The summed E-state index contributed by atoms with van der Waals surface area (Å²) in [5.74, 6) is 0.559. The number of thioether (sulfide) groups is 1.